The number of fused-ring (bicyclic) bond motifs is 1. The smallest absolute Gasteiger partial charge is 0.243 e. The highest BCUT2D eigenvalue weighted by Crippen LogP contribution is 2.37. The maximum atomic E-state index is 14.0. The lowest BCUT2D eigenvalue weighted by atomic mass is 9.93. The van der Waals surface area contributed by atoms with Crippen molar-refractivity contribution in [2.75, 3.05) is 46.4 Å². The Morgan fingerprint density at radius 1 is 1.06 bits per heavy atom. The topological polar surface area (TPSA) is 70.2 Å². The molecule has 2 aliphatic rings. The Morgan fingerprint density at radius 2 is 1.81 bits per heavy atom. The third kappa shape index (κ3) is 4.90. The SMILES string of the molecule is COc1ccc(S(=O)(=O)N2CCN(C(=O)CN3CCc4sccc4[C@@H]3c3cccc(F)c3)CC2)cc1. The fourth-order valence-electron chi connectivity index (χ4n) is 4.95. The Morgan fingerprint density at radius 3 is 2.50 bits per heavy atom. The summed E-state index contributed by atoms with van der Waals surface area (Å²) in [6.07, 6.45) is 0.847. The second-order valence-electron chi connectivity index (χ2n) is 8.94. The van der Waals surface area contributed by atoms with E-state index in [0.717, 1.165) is 17.5 Å². The summed E-state index contributed by atoms with van der Waals surface area (Å²) in [6.45, 7) is 2.03. The van der Waals surface area contributed by atoms with E-state index < -0.39 is 10.0 Å². The third-order valence-corrected chi connectivity index (χ3v) is 9.77. The molecule has 1 amide bonds. The van der Waals surface area contributed by atoms with Crippen molar-refractivity contribution in [1.29, 1.82) is 0 Å². The molecule has 1 fully saturated rings. The van der Waals surface area contributed by atoms with Crippen LogP contribution >= 0.6 is 11.3 Å². The molecule has 0 saturated carbocycles. The summed E-state index contributed by atoms with van der Waals surface area (Å²) in [6, 6.07) is 14.8. The van der Waals surface area contributed by atoms with Gasteiger partial charge >= 0.3 is 0 Å². The van der Waals surface area contributed by atoms with E-state index in [9.17, 15) is 17.6 Å². The zero-order chi connectivity index (χ0) is 25.3. The van der Waals surface area contributed by atoms with Crippen molar-refractivity contribution in [3.05, 3.63) is 81.8 Å². The summed E-state index contributed by atoms with van der Waals surface area (Å²) in [7, 11) is -2.11. The van der Waals surface area contributed by atoms with Gasteiger partial charge in [-0.15, -0.1) is 11.3 Å². The molecule has 5 rings (SSSR count). The molecule has 0 aliphatic carbocycles. The molecular formula is C26H28FN3O4S2. The number of hydrogen-bond donors (Lipinski definition) is 0. The number of sulfonamides is 1. The number of methoxy groups -OCH3 is 1. The molecule has 190 valence electrons. The van der Waals surface area contributed by atoms with Gasteiger partial charge in [0.2, 0.25) is 15.9 Å². The molecule has 0 radical (unpaired) electrons. The maximum Gasteiger partial charge on any atom is 0.243 e. The van der Waals surface area contributed by atoms with Gasteiger partial charge < -0.3 is 9.64 Å². The second-order valence-corrected chi connectivity index (χ2v) is 11.9. The molecule has 3 aromatic rings. The lowest BCUT2D eigenvalue weighted by Crippen LogP contribution is -2.53. The van der Waals surface area contributed by atoms with Gasteiger partial charge in [0.25, 0.3) is 0 Å². The third-order valence-electron chi connectivity index (χ3n) is 6.86. The average molecular weight is 530 g/mol. The normalized spacial score (nSPS) is 19.2. The molecule has 2 aliphatic heterocycles. The number of piperazine rings is 1. The van der Waals surface area contributed by atoms with Gasteiger partial charge in [-0.05, 0) is 65.4 Å². The lowest BCUT2D eigenvalue weighted by molar-refractivity contribution is -0.134. The van der Waals surface area contributed by atoms with Crippen LogP contribution in [0.5, 0.6) is 5.75 Å². The van der Waals surface area contributed by atoms with E-state index in [2.05, 4.69) is 11.0 Å². The molecule has 0 bridgehead atoms. The monoisotopic (exact) mass is 529 g/mol. The molecular weight excluding hydrogens is 501 g/mol. The van der Waals surface area contributed by atoms with Crippen molar-refractivity contribution < 1.29 is 22.3 Å². The molecule has 1 saturated heterocycles. The maximum absolute atomic E-state index is 14.0. The zero-order valence-corrected chi connectivity index (χ0v) is 21.6. The Kier molecular flexibility index (Phi) is 7.11. The van der Waals surface area contributed by atoms with Crippen LogP contribution < -0.4 is 4.74 Å². The van der Waals surface area contributed by atoms with Crippen LogP contribution in [0, 0.1) is 5.82 Å². The first kappa shape index (κ1) is 24.9. The first-order valence-electron chi connectivity index (χ1n) is 11.8. The fraction of sp³-hybridized carbons (Fsp3) is 0.346. The van der Waals surface area contributed by atoms with Gasteiger partial charge in [0, 0.05) is 37.6 Å². The first-order valence-corrected chi connectivity index (χ1v) is 14.2. The van der Waals surface area contributed by atoms with E-state index in [4.69, 9.17) is 4.74 Å². The summed E-state index contributed by atoms with van der Waals surface area (Å²) in [5.41, 5.74) is 1.96. The van der Waals surface area contributed by atoms with Crippen molar-refractivity contribution in [2.45, 2.75) is 17.4 Å². The van der Waals surface area contributed by atoms with Crippen LogP contribution in [0.2, 0.25) is 0 Å². The van der Waals surface area contributed by atoms with Crippen molar-refractivity contribution in [1.82, 2.24) is 14.1 Å². The average Bonchev–Trinajstić information content (AvgIpc) is 3.37. The van der Waals surface area contributed by atoms with E-state index >= 15 is 0 Å². The first-order chi connectivity index (χ1) is 17.4. The molecule has 1 aromatic heterocycles. The van der Waals surface area contributed by atoms with E-state index in [1.165, 1.54) is 40.6 Å². The molecule has 0 unspecified atom stereocenters. The largest absolute Gasteiger partial charge is 0.497 e. The summed E-state index contributed by atoms with van der Waals surface area (Å²) < 4.78 is 46.7. The molecule has 0 N–H and O–H groups in total. The van der Waals surface area contributed by atoms with Crippen LogP contribution in [-0.4, -0.2) is 74.8 Å². The number of ether oxygens (including phenoxy) is 1. The van der Waals surface area contributed by atoms with E-state index in [1.54, 1.807) is 34.4 Å². The van der Waals surface area contributed by atoms with Gasteiger partial charge in [-0.2, -0.15) is 4.31 Å². The van der Waals surface area contributed by atoms with Gasteiger partial charge in [0.1, 0.15) is 11.6 Å². The highest BCUT2D eigenvalue weighted by Gasteiger charge is 2.34. The molecule has 0 spiro atoms. The number of amides is 1. The number of carbonyl (C=O) groups is 1. The number of benzene rings is 2. The lowest BCUT2D eigenvalue weighted by Gasteiger charge is -2.39. The van der Waals surface area contributed by atoms with Gasteiger partial charge in [-0.3, -0.25) is 9.69 Å². The van der Waals surface area contributed by atoms with Gasteiger partial charge in [-0.25, -0.2) is 12.8 Å². The number of carbonyl (C=O) groups excluding carboxylic acids is 1. The highest BCUT2D eigenvalue weighted by molar-refractivity contribution is 7.89. The molecule has 3 heterocycles. The van der Waals surface area contributed by atoms with Crippen molar-refractivity contribution in [2.24, 2.45) is 0 Å². The summed E-state index contributed by atoms with van der Waals surface area (Å²) >= 11 is 1.69. The number of hydrogen-bond acceptors (Lipinski definition) is 6. The number of thiophene rings is 1. The summed E-state index contributed by atoms with van der Waals surface area (Å²) in [5.74, 6) is 0.250. The Hall–Kier alpha value is -2.79. The molecule has 36 heavy (non-hydrogen) atoms. The number of rotatable bonds is 6. The van der Waals surface area contributed by atoms with Crippen LogP contribution in [0.1, 0.15) is 22.0 Å². The predicted octanol–water partition coefficient (Wildman–Crippen LogP) is 3.38. The fourth-order valence-corrected chi connectivity index (χ4v) is 7.28. The number of nitrogens with zero attached hydrogens (tertiary/aromatic N) is 3. The summed E-state index contributed by atoms with van der Waals surface area (Å²) in [5, 5.41) is 2.05. The summed E-state index contributed by atoms with van der Waals surface area (Å²) in [4.78, 5) is 18.6. The van der Waals surface area contributed by atoms with Gasteiger partial charge in [0.15, 0.2) is 0 Å². The van der Waals surface area contributed by atoms with Crippen molar-refractivity contribution in [3.63, 3.8) is 0 Å². The molecule has 10 heteroatoms. The van der Waals surface area contributed by atoms with Crippen LogP contribution in [0.15, 0.2) is 64.9 Å². The highest BCUT2D eigenvalue weighted by atomic mass is 32.2. The van der Waals surface area contributed by atoms with E-state index in [-0.39, 0.29) is 42.3 Å². The van der Waals surface area contributed by atoms with Crippen LogP contribution in [-0.2, 0) is 21.2 Å². The zero-order valence-electron chi connectivity index (χ0n) is 20.0. The second kappa shape index (κ2) is 10.3. The van der Waals surface area contributed by atoms with Gasteiger partial charge in [0.05, 0.1) is 24.6 Å². The van der Waals surface area contributed by atoms with E-state index in [1.807, 2.05) is 11.4 Å². The van der Waals surface area contributed by atoms with Crippen molar-refractivity contribution in [3.8, 4) is 5.75 Å². The predicted molar refractivity (Wildman–Crippen MR) is 136 cm³/mol. The Labute approximate surface area is 214 Å². The quantitative estimate of drug-likeness (QED) is 0.490. The standard InChI is InChI=1S/C26H28FN3O4S2/c1-34-21-5-7-22(8-6-21)36(32,33)30-14-12-28(13-15-30)25(31)18-29-11-9-24-23(10-16-35-24)26(29)19-3-2-4-20(27)17-19/h2-8,10,16-17,26H,9,11-15,18H2,1H3/t26-/m0/s1. The Bertz CT molecular complexity index is 1340. The van der Waals surface area contributed by atoms with E-state index in [0.29, 0.717) is 25.4 Å². The minimum absolute atomic E-state index is 0.0448. The minimum Gasteiger partial charge on any atom is -0.497 e. The molecule has 2 aromatic carbocycles. The van der Waals surface area contributed by atoms with Gasteiger partial charge in [-0.1, -0.05) is 12.1 Å². The van der Waals surface area contributed by atoms with Crippen molar-refractivity contribution >= 4 is 27.3 Å². The van der Waals surface area contributed by atoms with Crippen LogP contribution in [0.4, 0.5) is 4.39 Å². The van der Waals surface area contributed by atoms with Crippen LogP contribution in [0.3, 0.4) is 0 Å². The molecule has 1 atom stereocenters. The number of halogens is 1. The Balaban J connectivity index is 1.26. The molecule has 7 nitrogen and oxygen atoms in total. The van der Waals surface area contributed by atoms with Crippen LogP contribution in [0.25, 0.3) is 0 Å². The minimum atomic E-state index is -3.64.